The second-order valence-electron chi connectivity index (χ2n) is 4.71. The first kappa shape index (κ1) is 12.8. The van der Waals surface area contributed by atoms with Gasteiger partial charge >= 0.3 is 6.23 Å². The fraction of sp³-hybridized carbons (Fsp3) is 0.727. The van der Waals surface area contributed by atoms with Crippen molar-refractivity contribution in [2.45, 2.75) is 44.7 Å². The van der Waals surface area contributed by atoms with E-state index in [1.807, 2.05) is 13.0 Å². The summed E-state index contributed by atoms with van der Waals surface area (Å²) in [5, 5.41) is 16.4. The van der Waals surface area contributed by atoms with Gasteiger partial charge in [0, 0.05) is 6.42 Å². The van der Waals surface area contributed by atoms with E-state index >= 15 is 0 Å². The molecular formula is C11H17N3O4. The van der Waals surface area contributed by atoms with Gasteiger partial charge in [-0.15, -0.1) is 0 Å². The lowest BCUT2D eigenvalue weighted by Gasteiger charge is -2.28. The van der Waals surface area contributed by atoms with E-state index in [0.717, 1.165) is 6.42 Å². The summed E-state index contributed by atoms with van der Waals surface area (Å²) >= 11 is 0. The minimum atomic E-state index is -1.04. The van der Waals surface area contributed by atoms with Gasteiger partial charge in [-0.2, -0.15) is 0 Å². The van der Waals surface area contributed by atoms with Crippen LogP contribution < -0.4 is 10.6 Å². The molecule has 2 aliphatic rings. The molecule has 0 spiro atoms. The van der Waals surface area contributed by atoms with Crippen LogP contribution in [-0.4, -0.2) is 29.3 Å². The van der Waals surface area contributed by atoms with E-state index in [-0.39, 0.29) is 18.0 Å². The lowest BCUT2D eigenvalue weighted by Crippen LogP contribution is -2.51. The molecule has 0 radical (unpaired) electrons. The number of nitrogens with one attached hydrogen (secondary N) is 2. The van der Waals surface area contributed by atoms with Crippen LogP contribution in [0.3, 0.4) is 0 Å². The summed E-state index contributed by atoms with van der Waals surface area (Å²) in [6, 6.07) is 0. The molecule has 0 aliphatic carbocycles. The van der Waals surface area contributed by atoms with Crippen molar-refractivity contribution in [3.05, 3.63) is 22.4 Å². The van der Waals surface area contributed by atoms with E-state index in [1.54, 1.807) is 6.20 Å². The monoisotopic (exact) mass is 255 g/mol. The first-order valence-electron chi connectivity index (χ1n) is 6.08. The number of hydrogen-bond donors (Lipinski definition) is 2. The van der Waals surface area contributed by atoms with Crippen LogP contribution in [0.4, 0.5) is 0 Å². The van der Waals surface area contributed by atoms with Crippen molar-refractivity contribution < 1.29 is 14.5 Å². The highest BCUT2D eigenvalue weighted by Crippen LogP contribution is 2.20. The maximum Gasteiger partial charge on any atom is 0.316 e. The second-order valence-corrected chi connectivity index (χ2v) is 4.71. The van der Waals surface area contributed by atoms with Crippen molar-refractivity contribution in [2.24, 2.45) is 5.92 Å². The topological polar surface area (TPSA) is 93.5 Å². The largest absolute Gasteiger partial charge is 0.371 e. The lowest BCUT2D eigenvalue weighted by atomic mass is 10.0. The van der Waals surface area contributed by atoms with Gasteiger partial charge in [0.25, 0.3) is 5.91 Å². The molecule has 18 heavy (non-hydrogen) atoms. The molecule has 1 saturated heterocycles. The van der Waals surface area contributed by atoms with Crippen molar-refractivity contribution >= 4 is 5.91 Å². The Morgan fingerprint density at radius 2 is 2.33 bits per heavy atom. The molecular weight excluding hydrogens is 238 g/mol. The number of hydrogen-bond acceptors (Lipinski definition) is 5. The van der Waals surface area contributed by atoms with Crippen LogP contribution in [0.2, 0.25) is 0 Å². The van der Waals surface area contributed by atoms with Gasteiger partial charge < -0.3 is 15.4 Å². The zero-order chi connectivity index (χ0) is 13.1. The average Bonchev–Trinajstić information content (AvgIpc) is 2.81. The molecule has 7 nitrogen and oxygen atoms in total. The summed E-state index contributed by atoms with van der Waals surface area (Å²) in [5.41, 5.74) is 0. The summed E-state index contributed by atoms with van der Waals surface area (Å²) in [7, 11) is 0. The number of carbonyl (C=O) groups excluding carboxylic acids is 1. The van der Waals surface area contributed by atoms with Crippen LogP contribution in [-0.2, 0) is 9.53 Å². The Bertz CT molecular complexity index is 371. The first-order valence-corrected chi connectivity index (χ1v) is 6.08. The quantitative estimate of drug-likeness (QED) is 0.560. The summed E-state index contributed by atoms with van der Waals surface area (Å²) < 4.78 is 5.10. The maximum absolute atomic E-state index is 11.9. The van der Waals surface area contributed by atoms with Gasteiger partial charge in [-0.05, 0) is 25.0 Å². The molecule has 1 amide bonds. The molecule has 1 fully saturated rings. The smallest absolute Gasteiger partial charge is 0.316 e. The van der Waals surface area contributed by atoms with E-state index < -0.39 is 17.3 Å². The molecule has 2 N–H and O–H groups in total. The lowest BCUT2D eigenvalue weighted by molar-refractivity contribution is -0.570. The van der Waals surface area contributed by atoms with Crippen molar-refractivity contribution in [3.8, 4) is 0 Å². The van der Waals surface area contributed by atoms with E-state index in [1.165, 1.54) is 0 Å². The minimum Gasteiger partial charge on any atom is -0.371 e. The number of rotatable bonds is 3. The van der Waals surface area contributed by atoms with Gasteiger partial charge in [-0.3, -0.25) is 14.9 Å². The summed E-state index contributed by atoms with van der Waals surface area (Å²) in [5.74, 6) is 0.00525. The van der Waals surface area contributed by atoms with E-state index in [2.05, 4.69) is 10.6 Å². The number of ether oxygens (including phenoxy) is 1. The standard InChI is InChI=1S/C11H17N3O4/c1-7-3-2-6-12-10(7)13-11(15)8-4-5-9(18-8)14(16)17/h2,6-10,12H,3-5H2,1H3,(H,13,15). The third-order valence-electron chi connectivity index (χ3n) is 3.29. The zero-order valence-corrected chi connectivity index (χ0v) is 10.2. The predicted octanol–water partition coefficient (Wildman–Crippen LogP) is 0.354. The van der Waals surface area contributed by atoms with Gasteiger partial charge in [0.15, 0.2) is 0 Å². The molecule has 7 heteroatoms. The molecule has 2 heterocycles. The highest BCUT2D eigenvalue weighted by molar-refractivity contribution is 5.81. The molecule has 0 bridgehead atoms. The van der Waals surface area contributed by atoms with Gasteiger partial charge in [-0.1, -0.05) is 13.0 Å². The highest BCUT2D eigenvalue weighted by Gasteiger charge is 2.38. The number of nitrogens with zero attached hydrogens (tertiary/aromatic N) is 1. The summed E-state index contributed by atoms with van der Waals surface area (Å²) in [6.45, 7) is 2.02. The third-order valence-corrected chi connectivity index (χ3v) is 3.29. The van der Waals surface area contributed by atoms with Crippen LogP contribution in [0.15, 0.2) is 12.3 Å². The van der Waals surface area contributed by atoms with Gasteiger partial charge in [-0.25, -0.2) is 0 Å². The Hall–Kier alpha value is -1.63. The van der Waals surface area contributed by atoms with Gasteiger partial charge in [0.2, 0.25) is 0 Å². The molecule has 100 valence electrons. The van der Waals surface area contributed by atoms with Gasteiger partial charge in [0.05, 0.1) is 4.92 Å². The molecule has 0 aromatic rings. The van der Waals surface area contributed by atoms with E-state index in [4.69, 9.17) is 4.74 Å². The molecule has 2 aliphatic heterocycles. The third kappa shape index (κ3) is 2.79. The Morgan fingerprint density at radius 3 is 2.94 bits per heavy atom. The summed E-state index contributed by atoms with van der Waals surface area (Å²) in [6.07, 6.45) is 3.50. The van der Waals surface area contributed by atoms with Crippen LogP contribution >= 0.6 is 0 Å². The molecule has 4 unspecified atom stereocenters. The predicted molar refractivity (Wildman–Crippen MR) is 62.9 cm³/mol. The first-order chi connectivity index (χ1) is 8.58. The number of carbonyl (C=O) groups is 1. The van der Waals surface area contributed by atoms with Crippen LogP contribution in [0.5, 0.6) is 0 Å². The molecule has 0 aromatic carbocycles. The van der Waals surface area contributed by atoms with Crippen molar-refractivity contribution in [1.29, 1.82) is 0 Å². The molecule has 4 atom stereocenters. The fourth-order valence-electron chi connectivity index (χ4n) is 2.15. The van der Waals surface area contributed by atoms with Crippen molar-refractivity contribution in [1.82, 2.24) is 10.6 Å². The zero-order valence-electron chi connectivity index (χ0n) is 10.2. The number of nitro groups is 1. The van der Waals surface area contributed by atoms with Crippen LogP contribution in [0.25, 0.3) is 0 Å². The highest BCUT2D eigenvalue weighted by atomic mass is 16.7. The Balaban J connectivity index is 1.85. The Kier molecular flexibility index (Phi) is 3.81. The van der Waals surface area contributed by atoms with Crippen LogP contribution in [0.1, 0.15) is 26.2 Å². The minimum absolute atomic E-state index is 0.138. The SMILES string of the molecule is CC1CC=CNC1NC(=O)C1CCC([N+](=O)[O-])O1. The van der Waals surface area contributed by atoms with E-state index in [0.29, 0.717) is 12.8 Å². The molecule has 0 aromatic heterocycles. The van der Waals surface area contributed by atoms with E-state index in [9.17, 15) is 14.9 Å². The molecule has 0 saturated carbocycles. The Morgan fingerprint density at radius 1 is 1.56 bits per heavy atom. The number of allylic oxidation sites excluding steroid dienone is 1. The maximum atomic E-state index is 11.9. The van der Waals surface area contributed by atoms with Crippen molar-refractivity contribution in [2.75, 3.05) is 0 Å². The fourth-order valence-corrected chi connectivity index (χ4v) is 2.15. The van der Waals surface area contributed by atoms with Crippen molar-refractivity contribution in [3.63, 3.8) is 0 Å². The van der Waals surface area contributed by atoms with Crippen LogP contribution in [0, 0.1) is 16.0 Å². The summed E-state index contributed by atoms with van der Waals surface area (Å²) in [4.78, 5) is 22.0. The van der Waals surface area contributed by atoms with Gasteiger partial charge in [0.1, 0.15) is 12.3 Å². The molecule has 2 rings (SSSR count). The average molecular weight is 255 g/mol. The Labute approximate surface area is 105 Å². The normalized spacial score (nSPS) is 34.9. The second kappa shape index (κ2) is 5.34. The number of amides is 1.